The van der Waals surface area contributed by atoms with Gasteiger partial charge in [0.25, 0.3) is 5.22 Å². The van der Waals surface area contributed by atoms with Gasteiger partial charge in [0.2, 0.25) is 5.89 Å². The van der Waals surface area contributed by atoms with Crippen molar-refractivity contribution in [1.29, 1.82) is 0 Å². The molecule has 0 radical (unpaired) electrons. The van der Waals surface area contributed by atoms with Crippen LogP contribution < -0.4 is 0 Å². The number of aliphatic hydroxyl groups excluding tert-OH is 1. The van der Waals surface area contributed by atoms with Crippen LogP contribution in [0.5, 0.6) is 0 Å². The highest BCUT2D eigenvalue weighted by Crippen LogP contribution is 2.21. The van der Waals surface area contributed by atoms with Gasteiger partial charge < -0.3 is 9.52 Å². The largest absolute Gasteiger partial charge is 0.411 e. The summed E-state index contributed by atoms with van der Waals surface area (Å²) in [5.74, 6) is 0.998. The molecule has 78 valence electrons. The number of hydrogen-bond acceptors (Lipinski definition) is 6. The molecule has 0 bridgehead atoms. The molecule has 1 N–H and O–H groups in total. The fraction of sp³-hybridized carbons (Fsp3) is 0.222. The number of pyridine rings is 1. The van der Waals surface area contributed by atoms with Crippen LogP contribution in [0.3, 0.4) is 0 Å². The quantitative estimate of drug-likeness (QED) is 0.786. The monoisotopic (exact) mass is 223 g/mol. The van der Waals surface area contributed by atoms with Gasteiger partial charge in [0, 0.05) is 18.1 Å². The number of nitrogens with zero attached hydrogens (tertiary/aromatic N) is 3. The van der Waals surface area contributed by atoms with E-state index in [1.807, 2.05) is 6.07 Å². The first kappa shape index (κ1) is 10.1. The van der Waals surface area contributed by atoms with Crippen molar-refractivity contribution in [2.24, 2.45) is 0 Å². The molecule has 5 nitrogen and oxygen atoms in total. The van der Waals surface area contributed by atoms with Crippen LogP contribution in [-0.4, -0.2) is 32.6 Å². The van der Waals surface area contributed by atoms with Crippen molar-refractivity contribution in [2.75, 3.05) is 12.4 Å². The molecule has 0 spiro atoms. The highest BCUT2D eigenvalue weighted by Gasteiger charge is 2.07. The second-order valence-corrected chi connectivity index (χ2v) is 3.73. The highest BCUT2D eigenvalue weighted by atomic mass is 32.2. The Morgan fingerprint density at radius 1 is 1.40 bits per heavy atom. The lowest BCUT2D eigenvalue weighted by atomic mass is 10.3. The van der Waals surface area contributed by atoms with Gasteiger partial charge in [-0.05, 0) is 12.1 Å². The van der Waals surface area contributed by atoms with Gasteiger partial charge >= 0.3 is 0 Å². The van der Waals surface area contributed by atoms with Gasteiger partial charge in [-0.3, -0.25) is 4.98 Å². The normalized spacial score (nSPS) is 10.5. The molecule has 6 heteroatoms. The summed E-state index contributed by atoms with van der Waals surface area (Å²) in [6.07, 6.45) is 3.34. The Bertz CT molecular complexity index is 418. The topological polar surface area (TPSA) is 72.0 Å². The van der Waals surface area contributed by atoms with Crippen LogP contribution in [-0.2, 0) is 0 Å². The van der Waals surface area contributed by atoms with Gasteiger partial charge in [0.15, 0.2) is 0 Å². The van der Waals surface area contributed by atoms with Gasteiger partial charge in [-0.2, -0.15) is 0 Å². The summed E-state index contributed by atoms with van der Waals surface area (Å²) in [6.45, 7) is 0.0925. The molecule has 0 aromatic carbocycles. The van der Waals surface area contributed by atoms with Crippen LogP contribution in [0.1, 0.15) is 0 Å². The summed E-state index contributed by atoms with van der Waals surface area (Å²) in [6, 6.07) is 3.65. The van der Waals surface area contributed by atoms with Crippen LogP contribution in [0.25, 0.3) is 11.5 Å². The first-order valence-electron chi connectivity index (χ1n) is 4.37. The Labute approximate surface area is 90.6 Å². The van der Waals surface area contributed by atoms with E-state index in [0.717, 1.165) is 5.56 Å². The molecular weight excluding hydrogens is 214 g/mol. The maximum absolute atomic E-state index is 8.63. The summed E-state index contributed by atoms with van der Waals surface area (Å²) < 4.78 is 5.36. The van der Waals surface area contributed by atoms with E-state index < -0.39 is 0 Å². The Balaban J connectivity index is 2.14. The zero-order valence-corrected chi connectivity index (χ0v) is 8.65. The summed E-state index contributed by atoms with van der Waals surface area (Å²) >= 11 is 1.33. The first-order valence-corrected chi connectivity index (χ1v) is 5.36. The molecule has 2 heterocycles. The molecule has 0 atom stereocenters. The number of hydrogen-bond donors (Lipinski definition) is 1. The van der Waals surface area contributed by atoms with Crippen molar-refractivity contribution in [3.05, 3.63) is 24.5 Å². The van der Waals surface area contributed by atoms with Crippen molar-refractivity contribution < 1.29 is 9.52 Å². The maximum atomic E-state index is 8.63. The maximum Gasteiger partial charge on any atom is 0.276 e. The predicted octanol–water partition coefficient (Wildman–Crippen LogP) is 1.22. The lowest BCUT2D eigenvalue weighted by Crippen LogP contribution is -1.84. The third-order valence-corrected chi connectivity index (χ3v) is 2.43. The molecule has 0 aliphatic rings. The van der Waals surface area contributed by atoms with Crippen molar-refractivity contribution in [1.82, 2.24) is 15.2 Å². The van der Waals surface area contributed by atoms with E-state index in [4.69, 9.17) is 9.52 Å². The zero-order valence-electron chi connectivity index (χ0n) is 7.83. The molecule has 0 fully saturated rings. The van der Waals surface area contributed by atoms with Crippen LogP contribution in [0.2, 0.25) is 0 Å². The van der Waals surface area contributed by atoms with Gasteiger partial charge in [0.05, 0.1) is 12.2 Å². The van der Waals surface area contributed by atoms with E-state index in [1.54, 1.807) is 18.5 Å². The molecule has 0 saturated heterocycles. The number of thioether (sulfide) groups is 1. The summed E-state index contributed by atoms with van der Waals surface area (Å²) in [7, 11) is 0. The van der Waals surface area contributed by atoms with Crippen LogP contribution >= 0.6 is 11.8 Å². The van der Waals surface area contributed by atoms with Crippen molar-refractivity contribution >= 4 is 11.8 Å². The Kier molecular flexibility index (Phi) is 3.31. The lowest BCUT2D eigenvalue weighted by Gasteiger charge is -1.91. The number of aromatic nitrogens is 3. The third-order valence-electron chi connectivity index (χ3n) is 1.63. The molecule has 2 rings (SSSR count). The molecule has 0 amide bonds. The van der Waals surface area contributed by atoms with E-state index >= 15 is 0 Å². The minimum Gasteiger partial charge on any atom is -0.411 e. The van der Waals surface area contributed by atoms with Crippen LogP contribution in [0, 0.1) is 0 Å². The average molecular weight is 223 g/mol. The fourth-order valence-electron chi connectivity index (χ4n) is 1.01. The smallest absolute Gasteiger partial charge is 0.276 e. The SMILES string of the molecule is OCCSc1nnc(-c2cccnc2)o1. The van der Waals surface area contributed by atoms with Gasteiger partial charge in [0.1, 0.15) is 0 Å². The molecule has 15 heavy (non-hydrogen) atoms. The predicted molar refractivity (Wildman–Crippen MR) is 55.3 cm³/mol. The Hall–Kier alpha value is -1.40. The van der Waals surface area contributed by atoms with Gasteiger partial charge in [-0.15, -0.1) is 10.2 Å². The summed E-state index contributed by atoms with van der Waals surface area (Å²) in [5, 5.41) is 16.8. The summed E-state index contributed by atoms with van der Waals surface area (Å²) in [5.41, 5.74) is 0.792. The molecule has 2 aromatic rings. The minimum absolute atomic E-state index is 0.0925. The third kappa shape index (κ3) is 2.54. The highest BCUT2D eigenvalue weighted by molar-refractivity contribution is 7.99. The molecule has 0 aliphatic carbocycles. The standard InChI is InChI=1S/C9H9N3O2S/c13-4-5-15-9-12-11-8(14-9)7-2-1-3-10-6-7/h1-3,6,13H,4-5H2. The minimum atomic E-state index is 0.0925. The van der Waals surface area contributed by atoms with Crippen LogP contribution in [0.4, 0.5) is 0 Å². The molecule has 2 aromatic heterocycles. The van der Waals surface area contributed by atoms with Crippen molar-refractivity contribution in [3.63, 3.8) is 0 Å². The van der Waals surface area contributed by atoms with Crippen LogP contribution in [0.15, 0.2) is 34.2 Å². The second kappa shape index (κ2) is 4.90. The molecule has 0 unspecified atom stereocenters. The number of aliphatic hydroxyl groups is 1. The Morgan fingerprint density at radius 2 is 2.33 bits per heavy atom. The van der Waals surface area contributed by atoms with E-state index in [9.17, 15) is 0 Å². The van der Waals surface area contributed by atoms with Gasteiger partial charge in [-0.25, -0.2) is 0 Å². The average Bonchev–Trinajstić information content (AvgIpc) is 2.76. The lowest BCUT2D eigenvalue weighted by molar-refractivity contribution is 0.322. The first-order chi connectivity index (χ1) is 7.40. The van der Waals surface area contributed by atoms with E-state index in [-0.39, 0.29) is 6.61 Å². The number of rotatable bonds is 4. The van der Waals surface area contributed by atoms with Crippen molar-refractivity contribution in [2.45, 2.75) is 5.22 Å². The molecule has 0 saturated carbocycles. The summed E-state index contributed by atoms with van der Waals surface area (Å²) in [4.78, 5) is 3.96. The molecule has 0 aliphatic heterocycles. The van der Waals surface area contributed by atoms with E-state index in [1.165, 1.54) is 11.8 Å². The zero-order chi connectivity index (χ0) is 10.5. The van der Waals surface area contributed by atoms with Gasteiger partial charge in [-0.1, -0.05) is 11.8 Å². The Morgan fingerprint density at radius 3 is 3.07 bits per heavy atom. The van der Waals surface area contributed by atoms with E-state index in [2.05, 4.69) is 15.2 Å². The molecular formula is C9H9N3O2S. The van der Waals surface area contributed by atoms with E-state index in [0.29, 0.717) is 16.9 Å². The van der Waals surface area contributed by atoms with Crippen molar-refractivity contribution in [3.8, 4) is 11.5 Å². The second-order valence-electron chi connectivity index (χ2n) is 2.69. The fourth-order valence-corrected chi connectivity index (χ4v) is 1.51.